The molecule has 148 valence electrons. The van der Waals surface area contributed by atoms with E-state index >= 15 is 0 Å². The molecule has 1 aliphatic heterocycles. The van der Waals surface area contributed by atoms with Gasteiger partial charge in [-0.25, -0.2) is 14.0 Å². The summed E-state index contributed by atoms with van der Waals surface area (Å²) in [5, 5.41) is 2.82. The van der Waals surface area contributed by atoms with Crippen molar-refractivity contribution >= 4 is 17.7 Å². The maximum Gasteiger partial charge on any atom is 0.338 e. The molecule has 0 bridgehead atoms. The molecule has 2 amide bonds. The van der Waals surface area contributed by atoms with Gasteiger partial charge in [0.25, 0.3) is 0 Å². The predicted octanol–water partition coefficient (Wildman–Crippen LogP) is 4.00. The third-order valence-corrected chi connectivity index (χ3v) is 4.40. The summed E-state index contributed by atoms with van der Waals surface area (Å²) in [6.45, 7) is 3.54. The van der Waals surface area contributed by atoms with Crippen LogP contribution in [-0.4, -0.2) is 43.2 Å². The van der Waals surface area contributed by atoms with Crippen molar-refractivity contribution in [1.82, 2.24) is 4.90 Å². The van der Waals surface area contributed by atoms with Crippen LogP contribution in [-0.2, 0) is 9.47 Å². The molecule has 1 fully saturated rings. The van der Waals surface area contributed by atoms with Crippen LogP contribution in [0.3, 0.4) is 0 Å². The van der Waals surface area contributed by atoms with Crippen LogP contribution in [0.2, 0.25) is 0 Å². The molecule has 0 aliphatic carbocycles. The number of ether oxygens (including phenoxy) is 2. The summed E-state index contributed by atoms with van der Waals surface area (Å²) >= 11 is 0. The van der Waals surface area contributed by atoms with Gasteiger partial charge < -0.3 is 19.7 Å². The van der Waals surface area contributed by atoms with Crippen LogP contribution < -0.4 is 5.32 Å². The van der Waals surface area contributed by atoms with Gasteiger partial charge in [-0.05, 0) is 48.4 Å². The van der Waals surface area contributed by atoms with Gasteiger partial charge >= 0.3 is 12.0 Å². The fourth-order valence-corrected chi connectivity index (χ4v) is 2.88. The Morgan fingerprint density at radius 3 is 2.57 bits per heavy atom. The summed E-state index contributed by atoms with van der Waals surface area (Å²) in [7, 11) is 0. The Bertz CT molecular complexity index is 808. The average molecular weight is 386 g/mol. The van der Waals surface area contributed by atoms with Gasteiger partial charge in [0.1, 0.15) is 11.9 Å². The molecule has 1 aliphatic rings. The molecule has 1 atom stereocenters. The third kappa shape index (κ3) is 5.07. The van der Waals surface area contributed by atoms with E-state index in [1.807, 2.05) is 6.92 Å². The summed E-state index contributed by atoms with van der Waals surface area (Å²) in [6.07, 6.45) is 0.467. The zero-order valence-electron chi connectivity index (χ0n) is 15.7. The maximum atomic E-state index is 13.1. The van der Waals surface area contributed by atoms with E-state index in [-0.39, 0.29) is 23.9 Å². The summed E-state index contributed by atoms with van der Waals surface area (Å²) in [6, 6.07) is 12.4. The number of benzene rings is 2. The third-order valence-electron chi connectivity index (χ3n) is 4.40. The standard InChI is InChI=1S/C21H23FN2O4/c1-2-12-28-20(25)16-5-9-18(10-6-16)23-21(26)24-11-13-27-19(14-24)15-3-7-17(22)8-4-15/h3-10,19H,2,11-14H2,1H3,(H,23,26). The van der Waals surface area contributed by atoms with Crippen LogP contribution in [0.5, 0.6) is 0 Å². The molecule has 1 N–H and O–H groups in total. The highest BCUT2D eigenvalue weighted by Crippen LogP contribution is 2.23. The zero-order valence-corrected chi connectivity index (χ0v) is 15.7. The average Bonchev–Trinajstić information content (AvgIpc) is 2.73. The van der Waals surface area contributed by atoms with Crippen molar-refractivity contribution in [3.63, 3.8) is 0 Å². The molecule has 0 saturated carbocycles. The van der Waals surface area contributed by atoms with E-state index < -0.39 is 0 Å². The molecular weight excluding hydrogens is 363 g/mol. The summed E-state index contributed by atoms with van der Waals surface area (Å²) in [4.78, 5) is 26.0. The van der Waals surface area contributed by atoms with E-state index in [2.05, 4.69) is 5.32 Å². The van der Waals surface area contributed by atoms with Crippen LogP contribution in [0.15, 0.2) is 48.5 Å². The molecule has 6 nitrogen and oxygen atoms in total. The lowest BCUT2D eigenvalue weighted by atomic mass is 10.1. The van der Waals surface area contributed by atoms with E-state index in [1.54, 1.807) is 41.3 Å². The molecule has 7 heteroatoms. The first kappa shape index (κ1) is 19.8. The molecular formula is C21H23FN2O4. The van der Waals surface area contributed by atoms with E-state index in [9.17, 15) is 14.0 Å². The number of carbonyl (C=O) groups is 2. The van der Waals surface area contributed by atoms with Crippen molar-refractivity contribution in [2.24, 2.45) is 0 Å². The number of esters is 1. The predicted molar refractivity (Wildman–Crippen MR) is 103 cm³/mol. The smallest absolute Gasteiger partial charge is 0.338 e. The minimum absolute atomic E-state index is 0.253. The number of urea groups is 1. The number of hydrogen-bond acceptors (Lipinski definition) is 4. The van der Waals surface area contributed by atoms with Gasteiger partial charge in [0, 0.05) is 12.2 Å². The van der Waals surface area contributed by atoms with Crippen LogP contribution in [0.1, 0.15) is 35.4 Å². The highest BCUT2D eigenvalue weighted by molar-refractivity contribution is 5.92. The van der Waals surface area contributed by atoms with Crippen molar-refractivity contribution in [3.05, 3.63) is 65.5 Å². The number of amides is 2. The molecule has 3 rings (SSSR count). The summed E-state index contributed by atoms with van der Waals surface area (Å²) in [5.74, 6) is -0.689. The van der Waals surface area contributed by atoms with Gasteiger partial charge in [0.15, 0.2) is 0 Å². The second-order valence-electron chi connectivity index (χ2n) is 6.50. The van der Waals surface area contributed by atoms with Crippen molar-refractivity contribution in [1.29, 1.82) is 0 Å². The van der Waals surface area contributed by atoms with E-state index in [0.717, 1.165) is 12.0 Å². The quantitative estimate of drug-likeness (QED) is 0.789. The Balaban J connectivity index is 1.58. The van der Waals surface area contributed by atoms with Gasteiger partial charge in [-0.3, -0.25) is 0 Å². The lowest BCUT2D eigenvalue weighted by Crippen LogP contribution is -2.44. The number of carbonyl (C=O) groups excluding carboxylic acids is 2. The number of rotatable bonds is 5. The number of nitrogens with zero attached hydrogens (tertiary/aromatic N) is 1. The Morgan fingerprint density at radius 1 is 1.18 bits per heavy atom. The van der Waals surface area contributed by atoms with Crippen LogP contribution >= 0.6 is 0 Å². The molecule has 0 radical (unpaired) electrons. The maximum absolute atomic E-state index is 13.1. The topological polar surface area (TPSA) is 67.9 Å². The molecule has 1 saturated heterocycles. The minimum atomic E-state index is -0.380. The lowest BCUT2D eigenvalue weighted by molar-refractivity contribution is -0.0135. The second-order valence-corrected chi connectivity index (χ2v) is 6.50. The number of morpholine rings is 1. The van der Waals surface area contributed by atoms with Crippen molar-refractivity contribution in [3.8, 4) is 0 Å². The summed E-state index contributed by atoms with van der Waals surface area (Å²) in [5.41, 5.74) is 1.85. The fourth-order valence-electron chi connectivity index (χ4n) is 2.88. The first-order valence-corrected chi connectivity index (χ1v) is 9.27. The lowest BCUT2D eigenvalue weighted by Gasteiger charge is -2.33. The van der Waals surface area contributed by atoms with Crippen molar-refractivity contribution in [2.45, 2.75) is 19.4 Å². The monoisotopic (exact) mass is 386 g/mol. The molecule has 1 heterocycles. The Labute approximate surface area is 163 Å². The fraction of sp³-hybridized carbons (Fsp3) is 0.333. The van der Waals surface area contributed by atoms with Crippen LogP contribution in [0.4, 0.5) is 14.9 Å². The molecule has 0 aromatic heterocycles. The first-order valence-electron chi connectivity index (χ1n) is 9.27. The number of hydrogen-bond donors (Lipinski definition) is 1. The number of halogens is 1. The summed E-state index contributed by atoms with van der Waals surface area (Å²) < 4.78 is 23.9. The molecule has 28 heavy (non-hydrogen) atoms. The Hall–Kier alpha value is -2.93. The van der Waals surface area contributed by atoms with E-state index in [1.165, 1.54) is 12.1 Å². The SMILES string of the molecule is CCCOC(=O)c1ccc(NC(=O)N2CCOC(c3ccc(F)cc3)C2)cc1. The van der Waals surface area contributed by atoms with Crippen molar-refractivity contribution < 1.29 is 23.5 Å². The zero-order chi connectivity index (χ0) is 19.9. The van der Waals surface area contributed by atoms with Crippen molar-refractivity contribution in [2.75, 3.05) is 31.6 Å². The Kier molecular flexibility index (Phi) is 6.60. The molecule has 2 aromatic rings. The normalized spacial score (nSPS) is 16.5. The van der Waals surface area contributed by atoms with E-state index in [4.69, 9.17) is 9.47 Å². The van der Waals surface area contributed by atoms with Gasteiger partial charge in [0.2, 0.25) is 0 Å². The minimum Gasteiger partial charge on any atom is -0.462 e. The van der Waals surface area contributed by atoms with Gasteiger partial charge in [-0.15, -0.1) is 0 Å². The van der Waals surface area contributed by atoms with Gasteiger partial charge in [0.05, 0.1) is 25.3 Å². The largest absolute Gasteiger partial charge is 0.462 e. The number of anilines is 1. The number of nitrogens with one attached hydrogen (secondary N) is 1. The second kappa shape index (κ2) is 9.32. The highest BCUT2D eigenvalue weighted by Gasteiger charge is 2.25. The van der Waals surface area contributed by atoms with Gasteiger partial charge in [-0.1, -0.05) is 19.1 Å². The molecule has 0 spiro atoms. The van der Waals surface area contributed by atoms with Crippen LogP contribution in [0.25, 0.3) is 0 Å². The molecule has 2 aromatic carbocycles. The first-order chi connectivity index (χ1) is 13.6. The van der Waals surface area contributed by atoms with Crippen LogP contribution in [0, 0.1) is 5.82 Å². The highest BCUT2D eigenvalue weighted by atomic mass is 19.1. The Morgan fingerprint density at radius 2 is 1.89 bits per heavy atom. The molecule has 1 unspecified atom stereocenters. The van der Waals surface area contributed by atoms with E-state index in [0.29, 0.717) is 37.6 Å². The van der Waals surface area contributed by atoms with Gasteiger partial charge in [-0.2, -0.15) is 0 Å².